The van der Waals surface area contributed by atoms with Gasteiger partial charge in [0.2, 0.25) is 5.91 Å². The van der Waals surface area contributed by atoms with Gasteiger partial charge < -0.3 is 16.2 Å². The summed E-state index contributed by atoms with van der Waals surface area (Å²) in [7, 11) is 0. The lowest BCUT2D eigenvalue weighted by Gasteiger charge is -2.38. The van der Waals surface area contributed by atoms with E-state index in [1.807, 2.05) is 0 Å². The van der Waals surface area contributed by atoms with Crippen LogP contribution < -0.4 is 11.1 Å². The molecule has 0 bridgehead atoms. The molecule has 1 unspecified atom stereocenters. The highest BCUT2D eigenvalue weighted by molar-refractivity contribution is 5.80. The predicted molar refractivity (Wildman–Crippen MR) is 75.7 cm³/mol. The first kappa shape index (κ1) is 17.9. The van der Waals surface area contributed by atoms with E-state index in [0.29, 0.717) is 18.9 Å². The van der Waals surface area contributed by atoms with E-state index in [-0.39, 0.29) is 5.91 Å². The molecule has 0 saturated heterocycles. The highest BCUT2D eigenvalue weighted by Crippen LogP contribution is 2.30. The van der Waals surface area contributed by atoms with Crippen LogP contribution in [-0.2, 0) is 9.59 Å². The van der Waals surface area contributed by atoms with E-state index in [4.69, 9.17) is 5.73 Å². The highest BCUT2D eigenvalue weighted by Gasteiger charge is 2.44. The maximum Gasteiger partial charge on any atom is 0.311 e. The van der Waals surface area contributed by atoms with E-state index in [1.165, 1.54) is 0 Å². The van der Waals surface area contributed by atoms with Gasteiger partial charge >= 0.3 is 5.97 Å². The number of aliphatic carboxylic acids is 1. The van der Waals surface area contributed by atoms with E-state index in [1.54, 1.807) is 27.7 Å². The van der Waals surface area contributed by atoms with Crippen molar-refractivity contribution in [1.29, 1.82) is 0 Å². The summed E-state index contributed by atoms with van der Waals surface area (Å²) >= 11 is 0. The van der Waals surface area contributed by atoms with Gasteiger partial charge in [0.05, 0.1) is 5.41 Å². The number of nitrogens with two attached hydrogens (primary N) is 1. The van der Waals surface area contributed by atoms with E-state index in [2.05, 4.69) is 12.2 Å². The smallest absolute Gasteiger partial charge is 0.311 e. The number of carboxylic acids is 1. The maximum absolute atomic E-state index is 11.9. The van der Waals surface area contributed by atoms with Gasteiger partial charge in [0.15, 0.2) is 0 Å². The van der Waals surface area contributed by atoms with Crippen LogP contribution in [0.1, 0.15) is 53.9 Å². The Hall–Kier alpha value is -1.10. The monoisotopic (exact) mass is 272 g/mol. The second-order valence-corrected chi connectivity index (χ2v) is 6.32. The zero-order valence-electron chi connectivity index (χ0n) is 12.7. The molecule has 0 aromatic heterocycles. The molecule has 112 valence electrons. The first-order chi connectivity index (χ1) is 8.54. The Kier molecular flexibility index (Phi) is 6.49. The lowest BCUT2D eigenvalue weighted by Crippen LogP contribution is -2.56. The van der Waals surface area contributed by atoms with Crippen LogP contribution in [0.15, 0.2) is 0 Å². The molecule has 0 rings (SSSR count). The minimum atomic E-state index is -1.02. The number of nitrogens with one attached hydrogen (secondary N) is 1. The third-order valence-electron chi connectivity index (χ3n) is 4.07. The lowest BCUT2D eigenvalue weighted by molar-refractivity contribution is -0.151. The SMILES string of the molecule is CC(CCN)CCC(=O)NC(C)(C)C(C)(C)C(=O)O. The van der Waals surface area contributed by atoms with Crippen LogP contribution >= 0.6 is 0 Å². The number of rotatable bonds is 8. The molecule has 0 heterocycles. The summed E-state index contributed by atoms with van der Waals surface area (Å²) in [5, 5.41) is 12.0. The number of carbonyl (C=O) groups excluding carboxylic acids is 1. The number of carboxylic acid groups (broad SMARTS) is 1. The van der Waals surface area contributed by atoms with Gasteiger partial charge in [-0.25, -0.2) is 0 Å². The average molecular weight is 272 g/mol. The van der Waals surface area contributed by atoms with Gasteiger partial charge in [-0.2, -0.15) is 0 Å². The molecule has 19 heavy (non-hydrogen) atoms. The van der Waals surface area contributed by atoms with Crippen molar-refractivity contribution in [2.45, 2.75) is 59.4 Å². The molecule has 0 aliphatic rings. The van der Waals surface area contributed by atoms with E-state index >= 15 is 0 Å². The molecule has 0 aromatic rings. The van der Waals surface area contributed by atoms with Gasteiger partial charge in [-0.1, -0.05) is 6.92 Å². The second-order valence-electron chi connectivity index (χ2n) is 6.32. The Morgan fingerprint density at radius 3 is 2.16 bits per heavy atom. The van der Waals surface area contributed by atoms with E-state index in [0.717, 1.165) is 12.8 Å². The summed E-state index contributed by atoms with van der Waals surface area (Å²) in [4.78, 5) is 23.1. The molecule has 0 fully saturated rings. The van der Waals surface area contributed by atoms with Crippen molar-refractivity contribution in [1.82, 2.24) is 5.32 Å². The molecule has 0 saturated carbocycles. The quantitative estimate of drug-likeness (QED) is 0.627. The Bertz CT molecular complexity index is 325. The number of amides is 1. The topological polar surface area (TPSA) is 92.4 Å². The van der Waals surface area contributed by atoms with Crippen LogP contribution in [0.5, 0.6) is 0 Å². The predicted octanol–water partition coefficient (Wildman–Crippen LogP) is 1.76. The van der Waals surface area contributed by atoms with Gasteiger partial charge in [-0.15, -0.1) is 0 Å². The van der Waals surface area contributed by atoms with Gasteiger partial charge in [0.25, 0.3) is 0 Å². The number of hydrogen-bond donors (Lipinski definition) is 3. The first-order valence-electron chi connectivity index (χ1n) is 6.79. The lowest BCUT2D eigenvalue weighted by atomic mass is 9.74. The summed E-state index contributed by atoms with van der Waals surface area (Å²) in [6.07, 6.45) is 2.07. The van der Waals surface area contributed by atoms with Crippen LogP contribution in [0.3, 0.4) is 0 Å². The molecule has 4 N–H and O–H groups in total. The van der Waals surface area contributed by atoms with E-state index in [9.17, 15) is 14.7 Å². The molecular weight excluding hydrogens is 244 g/mol. The second kappa shape index (κ2) is 6.89. The Morgan fingerprint density at radius 2 is 1.74 bits per heavy atom. The van der Waals surface area contributed by atoms with Crippen LogP contribution in [0.25, 0.3) is 0 Å². The number of hydrogen-bond acceptors (Lipinski definition) is 3. The van der Waals surface area contributed by atoms with Gasteiger partial charge in [0.1, 0.15) is 0 Å². The molecule has 0 aliphatic heterocycles. The summed E-state index contributed by atoms with van der Waals surface area (Å²) in [5.41, 5.74) is 3.64. The van der Waals surface area contributed by atoms with Gasteiger partial charge in [-0.3, -0.25) is 9.59 Å². The minimum Gasteiger partial charge on any atom is -0.481 e. The maximum atomic E-state index is 11.9. The summed E-state index contributed by atoms with van der Waals surface area (Å²) in [6, 6.07) is 0. The van der Waals surface area contributed by atoms with Crippen LogP contribution in [0, 0.1) is 11.3 Å². The number of carbonyl (C=O) groups is 2. The molecule has 5 heteroatoms. The normalized spacial score (nSPS) is 14.0. The molecule has 0 spiro atoms. The third kappa shape index (κ3) is 5.19. The third-order valence-corrected chi connectivity index (χ3v) is 4.07. The zero-order valence-corrected chi connectivity index (χ0v) is 12.7. The summed E-state index contributed by atoms with van der Waals surface area (Å²) in [5.74, 6) is -0.621. The highest BCUT2D eigenvalue weighted by atomic mass is 16.4. The first-order valence-corrected chi connectivity index (χ1v) is 6.79. The fourth-order valence-corrected chi connectivity index (χ4v) is 1.64. The largest absolute Gasteiger partial charge is 0.481 e. The van der Waals surface area contributed by atoms with Crippen molar-refractivity contribution >= 4 is 11.9 Å². The Balaban J connectivity index is 4.43. The Morgan fingerprint density at radius 1 is 1.21 bits per heavy atom. The Labute approximate surface area is 115 Å². The van der Waals surface area contributed by atoms with Gasteiger partial charge in [0, 0.05) is 12.0 Å². The molecule has 1 atom stereocenters. The molecular formula is C14H28N2O3. The molecule has 1 amide bonds. The fourth-order valence-electron chi connectivity index (χ4n) is 1.64. The standard InChI is InChI=1S/C14H28N2O3/c1-10(8-9-15)6-7-11(17)16-14(4,5)13(2,3)12(18)19/h10H,6-9,15H2,1-5H3,(H,16,17)(H,18,19). The summed E-state index contributed by atoms with van der Waals surface area (Å²) < 4.78 is 0. The van der Waals surface area contributed by atoms with Crippen molar-refractivity contribution in [2.24, 2.45) is 17.1 Å². The van der Waals surface area contributed by atoms with Crippen LogP contribution in [0.2, 0.25) is 0 Å². The molecule has 5 nitrogen and oxygen atoms in total. The van der Waals surface area contributed by atoms with Gasteiger partial charge in [-0.05, 0) is 53.0 Å². The molecule has 0 radical (unpaired) electrons. The van der Waals surface area contributed by atoms with Crippen molar-refractivity contribution in [3.63, 3.8) is 0 Å². The average Bonchev–Trinajstić information content (AvgIpc) is 2.25. The molecule has 0 aromatic carbocycles. The van der Waals surface area contributed by atoms with Crippen molar-refractivity contribution in [2.75, 3.05) is 6.54 Å². The molecule has 0 aliphatic carbocycles. The minimum absolute atomic E-state index is 0.108. The fraction of sp³-hybridized carbons (Fsp3) is 0.857. The van der Waals surface area contributed by atoms with Crippen LogP contribution in [0.4, 0.5) is 0 Å². The van der Waals surface area contributed by atoms with E-state index < -0.39 is 16.9 Å². The van der Waals surface area contributed by atoms with Crippen molar-refractivity contribution in [3.8, 4) is 0 Å². The van der Waals surface area contributed by atoms with Crippen LogP contribution in [-0.4, -0.2) is 29.1 Å². The zero-order chi connectivity index (χ0) is 15.3. The van der Waals surface area contributed by atoms with Crippen molar-refractivity contribution < 1.29 is 14.7 Å². The van der Waals surface area contributed by atoms with Crippen molar-refractivity contribution in [3.05, 3.63) is 0 Å². The summed E-state index contributed by atoms with van der Waals surface area (Å²) in [6.45, 7) is 9.40.